The molecule has 1 saturated carbocycles. The van der Waals surface area contributed by atoms with E-state index < -0.39 is 0 Å². The number of nitrogens with one attached hydrogen (secondary N) is 2. The summed E-state index contributed by atoms with van der Waals surface area (Å²) in [5.74, 6) is 2.64. The Hall–Kier alpha value is -0.980. The molecule has 0 heterocycles. The highest BCUT2D eigenvalue weighted by atomic mass is 127. The fourth-order valence-corrected chi connectivity index (χ4v) is 1.81. The lowest BCUT2D eigenvalue weighted by Crippen LogP contribution is -2.38. The zero-order valence-electron chi connectivity index (χ0n) is 12.2. The molecular formula is C15H24IN3O. The fraction of sp³-hybridized carbons (Fsp3) is 0.533. The molecule has 1 aromatic carbocycles. The van der Waals surface area contributed by atoms with E-state index in [1.807, 2.05) is 24.3 Å². The van der Waals surface area contributed by atoms with Crippen molar-refractivity contribution < 1.29 is 4.74 Å². The van der Waals surface area contributed by atoms with Crippen LogP contribution in [0.5, 0.6) is 5.75 Å². The van der Waals surface area contributed by atoms with Gasteiger partial charge in [0.2, 0.25) is 0 Å². The van der Waals surface area contributed by atoms with Crippen LogP contribution < -0.4 is 15.4 Å². The number of methoxy groups -OCH3 is 1. The maximum Gasteiger partial charge on any atom is 0.191 e. The summed E-state index contributed by atoms with van der Waals surface area (Å²) in [7, 11) is 1.68. The van der Waals surface area contributed by atoms with Crippen LogP contribution in [0.3, 0.4) is 0 Å². The van der Waals surface area contributed by atoms with E-state index >= 15 is 0 Å². The van der Waals surface area contributed by atoms with E-state index in [4.69, 9.17) is 4.74 Å². The number of hydrogen-bond acceptors (Lipinski definition) is 2. The molecule has 4 nitrogen and oxygen atoms in total. The van der Waals surface area contributed by atoms with Gasteiger partial charge in [-0.15, -0.1) is 24.0 Å². The van der Waals surface area contributed by atoms with Gasteiger partial charge < -0.3 is 15.4 Å². The molecule has 0 bridgehead atoms. The molecule has 2 rings (SSSR count). The molecule has 0 aromatic heterocycles. The third kappa shape index (κ3) is 5.98. The molecule has 112 valence electrons. The Bertz CT molecular complexity index is 416. The minimum Gasteiger partial charge on any atom is -0.497 e. The van der Waals surface area contributed by atoms with Crippen LogP contribution in [0, 0.1) is 5.92 Å². The number of rotatable bonds is 6. The van der Waals surface area contributed by atoms with Crippen molar-refractivity contribution in [1.29, 1.82) is 0 Å². The Balaban J connectivity index is 0.00000200. The molecule has 0 radical (unpaired) electrons. The van der Waals surface area contributed by atoms with Gasteiger partial charge >= 0.3 is 0 Å². The molecule has 5 heteroatoms. The molecule has 1 fully saturated rings. The lowest BCUT2D eigenvalue weighted by Gasteiger charge is -2.10. The summed E-state index contributed by atoms with van der Waals surface area (Å²) in [4.78, 5) is 4.59. The highest BCUT2D eigenvalue weighted by Gasteiger charge is 2.20. The smallest absolute Gasteiger partial charge is 0.191 e. The van der Waals surface area contributed by atoms with E-state index in [0.29, 0.717) is 6.54 Å². The Morgan fingerprint density at radius 3 is 2.50 bits per heavy atom. The van der Waals surface area contributed by atoms with E-state index in [1.165, 1.54) is 18.4 Å². The molecule has 0 unspecified atom stereocenters. The van der Waals surface area contributed by atoms with Crippen LogP contribution in [0.15, 0.2) is 29.3 Å². The summed E-state index contributed by atoms with van der Waals surface area (Å²) in [6, 6.07) is 8.03. The normalized spacial score (nSPS) is 14.4. The van der Waals surface area contributed by atoms with Crippen LogP contribution in [0.4, 0.5) is 0 Å². The average molecular weight is 389 g/mol. The third-order valence-corrected chi connectivity index (χ3v) is 3.18. The van der Waals surface area contributed by atoms with Gasteiger partial charge in [-0.25, -0.2) is 4.99 Å². The van der Waals surface area contributed by atoms with Gasteiger partial charge in [-0.1, -0.05) is 12.1 Å². The van der Waals surface area contributed by atoms with Crippen LogP contribution >= 0.6 is 24.0 Å². The number of guanidine groups is 1. The number of ether oxygens (including phenoxy) is 1. The van der Waals surface area contributed by atoms with Gasteiger partial charge in [-0.2, -0.15) is 0 Å². The van der Waals surface area contributed by atoms with Gasteiger partial charge in [-0.3, -0.25) is 0 Å². The summed E-state index contributed by atoms with van der Waals surface area (Å²) in [5.41, 5.74) is 1.18. The summed E-state index contributed by atoms with van der Waals surface area (Å²) >= 11 is 0. The van der Waals surface area contributed by atoms with Crippen LogP contribution in [-0.2, 0) is 6.54 Å². The van der Waals surface area contributed by atoms with E-state index in [2.05, 4.69) is 22.5 Å². The van der Waals surface area contributed by atoms with Crippen LogP contribution in [0.1, 0.15) is 25.3 Å². The fourth-order valence-electron chi connectivity index (χ4n) is 1.81. The number of hydrogen-bond donors (Lipinski definition) is 2. The van der Waals surface area contributed by atoms with Crippen molar-refractivity contribution in [1.82, 2.24) is 10.6 Å². The largest absolute Gasteiger partial charge is 0.497 e. The second kappa shape index (κ2) is 9.05. The first-order valence-corrected chi connectivity index (χ1v) is 6.97. The van der Waals surface area contributed by atoms with Crippen molar-refractivity contribution in [3.63, 3.8) is 0 Å². The summed E-state index contributed by atoms with van der Waals surface area (Å²) < 4.78 is 5.14. The van der Waals surface area contributed by atoms with Crippen molar-refractivity contribution in [2.75, 3.05) is 20.2 Å². The van der Waals surface area contributed by atoms with Crippen LogP contribution in [0.2, 0.25) is 0 Å². The van der Waals surface area contributed by atoms with Gasteiger partial charge in [0.1, 0.15) is 5.75 Å². The topological polar surface area (TPSA) is 45.7 Å². The lowest BCUT2D eigenvalue weighted by atomic mass is 10.2. The highest BCUT2D eigenvalue weighted by Crippen LogP contribution is 2.27. The average Bonchev–Trinajstić information content (AvgIpc) is 3.26. The molecule has 1 aliphatic carbocycles. The van der Waals surface area contributed by atoms with E-state index in [9.17, 15) is 0 Å². The van der Waals surface area contributed by atoms with Crippen molar-refractivity contribution in [2.45, 2.75) is 26.3 Å². The molecule has 0 atom stereocenters. The monoisotopic (exact) mass is 389 g/mol. The van der Waals surface area contributed by atoms with Crippen LogP contribution in [0.25, 0.3) is 0 Å². The minimum absolute atomic E-state index is 0. The first kappa shape index (κ1) is 17.1. The summed E-state index contributed by atoms with van der Waals surface area (Å²) in [5, 5.41) is 6.66. The predicted octanol–water partition coefficient (Wildman–Crippen LogP) is 2.78. The number of aliphatic imine (C=N–C) groups is 1. The van der Waals surface area contributed by atoms with Crippen LogP contribution in [-0.4, -0.2) is 26.2 Å². The first-order valence-electron chi connectivity index (χ1n) is 6.97. The van der Waals surface area contributed by atoms with Gasteiger partial charge in [0.25, 0.3) is 0 Å². The second-order valence-electron chi connectivity index (χ2n) is 4.87. The minimum atomic E-state index is 0. The van der Waals surface area contributed by atoms with E-state index in [0.717, 1.165) is 30.7 Å². The lowest BCUT2D eigenvalue weighted by molar-refractivity contribution is 0.414. The first-order chi connectivity index (χ1) is 9.31. The zero-order chi connectivity index (χ0) is 13.5. The molecule has 1 aromatic rings. The van der Waals surface area contributed by atoms with Gasteiger partial charge in [-0.05, 0) is 43.4 Å². The van der Waals surface area contributed by atoms with Crippen molar-refractivity contribution in [3.05, 3.63) is 29.8 Å². The number of halogens is 1. The molecule has 1 aliphatic rings. The zero-order valence-corrected chi connectivity index (χ0v) is 14.5. The third-order valence-electron chi connectivity index (χ3n) is 3.18. The van der Waals surface area contributed by atoms with Gasteiger partial charge in [0.15, 0.2) is 5.96 Å². The van der Waals surface area contributed by atoms with Gasteiger partial charge in [0.05, 0.1) is 13.7 Å². The Labute approximate surface area is 138 Å². The Kier molecular flexibility index (Phi) is 7.72. The highest BCUT2D eigenvalue weighted by molar-refractivity contribution is 14.0. The Morgan fingerprint density at radius 2 is 1.95 bits per heavy atom. The maximum absolute atomic E-state index is 5.14. The molecule has 0 aliphatic heterocycles. The second-order valence-corrected chi connectivity index (χ2v) is 4.87. The number of benzene rings is 1. The molecule has 0 saturated heterocycles. The molecular weight excluding hydrogens is 365 g/mol. The quantitative estimate of drug-likeness (QED) is 0.447. The SMILES string of the molecule is CCNC(=NCc1ccc(OC)cc1)NCC1CC1.I. The van der Waals surface area contributed by atoms with E-state index in [-0.39, 0.29) is 24.0 Å². The summed E-state index contributed by atoms with van der Waals surface area (Å²) in [6.45, 7) is 4.69. The van der Waals surface area contributed by atoms with Crippen molar-refractivity contribution in [2.24, 2.45) is 10.9 Å². The van der Waals surface area contributed by atoms with Gasteiger partial charge in [0, 0.05) is 13.1 Å². The molecule has 0 spiro atoms. The predicted molar refractivity (Wildman–Crippen MR) is 94.0 cm³/mol. The molecule has 0 amide bonds. The molecule has 20 heavy (non-hydrogen) atoms. The van der Waals surface area contributed by atoms with E-state index in [1.54, 1.807) is 7.11 Å². The molecule has 2 N–H and O–H groups in total. The maximum atomic E-state index is 5.14. The standard InChI is InChI=1S/C15H23N3O.HI/c1-3-16-15(17-10-12-4-5-12)18-11-13-6-8-14(19-2)9-7-13;/h6-9,12H,3-5,10-11H2,1-2H3,(H2,16,17,18);1H. The Morgan fingerprint density at radius 1 is 1.25 bits per heavy atom. The van der Waals surface area contributed by atoms with Crippen molar-refractivity contribution in [3.8, 4) is 5.75 Å². The van der Waals surface area contributed by atoms with Crippen molar-refractivity contribution >= 4 is 29.9 Å². The summed E-state index contributed by atoms with van der Waals surface area (Å²) in [6.07, 6.45) is 2.70. The number of nitrogens with zero attached hydrogens (tertiary/aromatic N) is 1.